The molecule has 4 nitrogen and oxygen atoms in total. The largest absolute Gasteiger partial charge is 0.310 e. The van der Waals surface area contributed by atoms with Crippen LogP contribution in [0.15, 0.2) is 315 Å². The molecule has 0 radical (unpaired) electrons. The molecular formula is C74H58N4. The van der Waals surface area contributed by atoms with Crippen LogP contribution in [0.2, 0.25) is 0 Å². The van der Waals surface area contributed by atoms with Crippen LogP contribution < -0.4 is 19.6 Å². The van der Waals surface area contributed by atoms with E-state index in [1.165, 1.54) is 22.3 Å². The molecule has 12 aromatic carbocycles. The first-order valence-electron chi connectivity index (χ1n) is 26.7. The van der Waals surface area contributed by atoms with Crippen molar-refractivity contribution in [2.75, 3.05) is 19.6 Å². The number of benzene rings is 12. The lowest BCUT2D eigenvalue weighted by molar-refractivity contribution is 1.25. The molecule has 4 heteroatoms. The summed E-state index contributed by atoms with van der Waals surface area (Å²) in [6.07, 6.45) is 0. The van der Waals surface area contributed by atoms with E-state index in [-0.39, 0.29) is 0 Å². The Balaban J connectivity index is 0.971. The standard InChI is InChI=1S/C74H58N4/c1-55-47-57(59-49-69(75(61-27-11-3-12-28-61)62-29-13-4-14-30-62)53-70(50-59)76(63-31-15-5-16-32-63)64-33-17-6-18-34-64)43-45-73(55)74-46-44-58(48-56(74)2)60-51-71(77(65-35-19-7-20-36-65)66-37-21-8-22-38-66)54-72(52-60)78(67-39-23-9-24-40-67)68-41-25-10-26-42-68/h3-54H,1-2H3. The third-order valence-electron chi connectivity index (χ3n) is 14.4. The maximum atomic E-state index is 2.36. The summed E-state index contributed by atoms with van der Waals surface area (Å²) in [6, 6.07) is 113. The van der Waals surface area contributed by atoms with Crippen LogP contribution in [0.25, 0.3) is 33.4 Å². The van der Waals surface area contributed by atoms with Gasteiger partial charge in [-0.05, 0) is 192 Å². The van der Waals surface area contributed by atoms with E-state index in [1.807, 2.05) is 0 Å². The van der Waals surface area contributed by atoms with E-state index in [2.05, 4.69) is 349 Å². The van der Waals surface area contributed by atoms with Crippen molar-refractivity contribution in [3.63, 3.8) is 0 Å². The van der Waals surface area contributed by atoms with Crippen molar-refractivity contribution in [1.29, 1.82) is 0 Å². The minimum Gasteiger partial charge on any atom is -0.310 e. The Morgan fingerprint density at radius 3 is 0.538 bits per heavy atom. The molecule has 12 aromatic rings. The van der Waals surface area contributed by atoms with Gasteiger partial charge in [-0.2, -0.15) is 0 Å². The molecule has 78 heavy (non-hydrogen) atoms. The summed E-state index contributed by atoms with van der Waals surface area (Å²) >= 11 is 0. The predicted octanol–water partition coefficient (Wildman–Crippen LogP) is 21.2. The molecule has 0 aliphatic rings. The second-order valence-corrected chi connectivity index (χ2v) is 19.6. The highest BCUT2D eigenvalue weighted by Crippen LogP contribution is 2.46. The first-order chi connectivity index (χ1) is 38.5. The molecule has 0 spiro atoms. The first kappa shape index (κ1) is 48.8. The fraction of sp³-hybridized carbons (Fsp3) is 0.0270. The average molecular weight is 1000 g/mol. The zero-order valence-corrected chi connectivity index (χ0v) is 43.8. The molecule has 374 valence electrons. The lowest BCUT2D eigenvalue weighted by atomic mass is 9.91. The number of anilines is 12. The van der Waals surface area contributed by atoms with Gasteiger partial charge in [0, 0.05) is 68.2 Å². The monoisotopic (exact) mass is 1000 g/mol. The molecule has 12 rings (SSSR count). The second kappa shape index (κ2) is 22.4. The highest BCUT2D eigenvalue weighted by Gasteiger charge is 2.22. The van der Waals surface area contributed by atoms with Crippen LogP contribution in [-0.2, 0) is 0 Å². The van der Waals surface area contributed by atoms with Gasteiger partial charge in [-0.3, -0.25) is 0 Å². The molecular weight excluding hydrogens is 945 g/mol. The topological polar surface area (TPSA) is 13.0 Å². The van der Waals surface area contributed by atoms with E-state index in [1.54, 1.807) is 0 Å². The summed E-state index contributed by atoms with van der Waals surface area (Å²) in [7, 11) is 0. The number of rotatable bonds is 15. The summed E-state index contributed by atoms with van der Waals surface area (Å²) in [5, 5.41) is 0. The smallest absolute Gasteiger partial charge is 0.0488 e. The van der Waals surface area contributed by atoms with Crippen molar-refractivity contribution in [2.24, 2.45) is 0 Å². The van der Waals surface area contributed by atoms with E-state index in [9.17, 15) is 0 Å². The van der Waals surface area contributed by atoms with Crippen LogP contribution in [0.1, 0.15) is 11.1 Å². The van der Waals surface area contributed by atoms with Gasteiger partial charge in [-0.25, -0.2) is 0 Å². The van der Waals surface area contributed by atoms with Crippen LogP contribution in [0, 0.1) is 13.8 Å². The molecule has 0 aliphatic heterocycles. The number of hydrogen-bond donors (Lipinski definition) is 0. The zero-order chi connectivity index (χ0) is 52.6. The Bertz CT molecular complexity index is 3290. The van der Waals surface area contributed by atoms with E-state index >= 15 is 0 Å². The molecule has 0 saturated heterocycles. The van der Waals surface area contributed by atoms with Gasteiger partial charge in [0.1, 0.15) is 0 Å². The summed E-state index contributed by atoms with van der Waals surface area (Å²) in [5.74, 6) is 0. The van der Waals surface area contributed by atoms with E-state index < -0.39 is 0 Å². The van der Waals surface area contributed by atoms with Gasteiger partial charge in [0.05, 0.1) is 0 Å². The van der Waals surface area contributed by atoms with Gasteiger partial charge in [0.15, 0.2) is 0 Å². The maximum absolute atomic E-state index is 2.36. The van der Waals surface area contributed by atoms with E-state index in [0.29, 0.717) is 0 Å². The van der Waals surface area contributed by atoms with Crippen LogP contribution in [0.4, 0.5) is 68.2 Å². The van der Waals surface area contributed by atoms with Crippen LogP contribution in [0.3, 0.4) is 0 Å². The molecule has 0 unspecified atom stereocenters. The fourth-order valence-electron chi connectivity index (χ4n) is 10.7. The highest BCUT2D eigenvalue weighted by atomic mass is 15.2. The highest BCUT2D eigenvalue weighted by molar-refractivity contribution is 5.90. The Kier molecular flexibility index (Phi) is 14.0. The second-order valence-electron chi connectivity index (χ2n) is 19.6. The predicted molar refractivity (Wildman–Crippen MR) is 331 cm³/mol. The van der Waals surface area contributed by atoms with Gasteiger partial charge in [-0.1, -0.05) is 182 Å². The van der Waals surface area contributed by atoms with Crippen LogP contribution >= 0.6 is 0 Å². The molecule has 0 bridgehead atoms. The molecule has 0 aliphatic carbocycles. The van der Waals surface area contributed by atoms with Crippen molar-refractivity contribution in [3.05, 3.63) is 327 Å². The zero-order valence-electron chi connectivity index (χ0n) is 43.8. The minimum absolute atomic E-state index is 1.06. The molecule has 0 atom stereocenters. The number of aryl methyl sites for hydroxylation is 2. The van der Waals surface area contributed by atoms with Gasteiger partial charge < -0.3 is 19.6 Å². The van der Waals surface area contributed by atoms with Crippen LogP contribution in [-0.4, -0.2) is 0 Å². The Morgan fingerprint density at radius 2 is 0.359 bits per heavy atom. The van der Waals surface area contributed by atoms with Gasteiger partial charge in [0.25, 0.3) is 0 Å². The van der Waals surface area contributed by atoms with Crippen molar-refractivity contribution in [1.82, 2.24) is 0 Å². The van der Waals surface area contributed by atoms with Gasteiger partial charge in [-0.15, -0.1) is 0 Å². The Hall–Kier alpha value is -10.2. The fourth-order valence-corrected chi connectivity index (χ4v) is 10.7. The lowest BCUT2D eigenvalue weighted by Crippen LogP contribution is -2.13. The average Bonchev–Trinajstić information content (AvgIpc) is 3.56. The molecule has 0 saturated carbocycles. The maximum Gasteiger partial charge on any atom is 0.0488 e. The summed E-state index contributed by atoms with van der Waals surface area (Å²) in [6.45, 7) is 4.49. The van der Waals surface area contributed by atoms with Crippen molar-refractivity contribution >= 4 is 68.2 Å². The summed E-state index contributed by atoms with van der Waals surface area (Å²) in [5.41, 5.74) is 22.2. The number of hydrogen-bond acceptors (Lipinski definition) is 4. The molecule has 0 heterocycles. The van der Waals surface area contributed by atoms with Crippen molar-refractivity contribution < 1.29 is 0 Å². The minimum atomic E-state index is 1.06. The van der Waals surface area contributed by atoms with Gasteiger partial charge in [0.2, 0.25) is 0 Å². The SMILES string of the molecule is Cc1cc(-c2cc(N(c3ccccc3)c3ccccc3)cc(N(c3ccccc3)c3ccccc3)c2)ccc1-c1ccc(-c2cc(N(c3ccccc3)c3ccccc3)cc(N(c3ccccc3)c3ccccc3)c2)cc1C. The summed E-state index contributed by atoms with van der Waals surface area (Å²) < 4.78 is 0. The normalized spacial score (nSPS) is 10.9. The third kappa shape index (κ3) is 10.3. The van der Waals surface area contributed by atoms with Crippen molar-refractivity contribution in [2.45, 2.75) is 13.8 Å². The van der Waals surface area contributed by atoms with E-state index in [4.69, 9.17) is 0 Å². The molecule has 0 N–H and O–H groups in total. The number of para-hydroxylation sites is 8. The quantitative estimate of drug-likeness (QED) is 0.101. The number of nitrogens with zero attached hydrogens (tertiary/aromatic N) is 4. The molecule has 0 fully saturated rings. The lowest BCUT2D eigenvalue weighted by Gasteiger charge is -2.30. The Morgan fingerprint density at radius 1 is 0.167 bits per heavy atom. The van der Waals surface area contributed by atoms with Crippen molar-refractivity contribution in [3.8, 4) is 33.4 Å². The van der Waals surface area contributed by atoms with Gasteiger partial charge >= 0.3 is 0 Å². The van der Waals surface area contributed by atoms with E-state index in [0.717, 1.165) is 90.5 Å². The molecule has 0 aromatic heterocycles. The summed E-state index contributed by atoms with van der Waals surface area (Å²) in [4.78, 5) is 9.42. The third-order valence-corrected chi connectivity index (χ3v) is 14.4. The first-order valence-corrected chi connectivity index (χ1v) is 26.7. The molecule has 0 amide bonds. The Labute approximate surface area is 459 Å². The van der Waals surface area contributed by atoms with Crippen LogP contribution in [0.5, 0.6) is 0 Å².